The fraction of sp³-hybridized carbons (Fsp3) is 0.533. The zero-order valence-corrected chi connectivity index (χ0v) is 12.6. The van der Waals surface area contributed by atoms with Gasteiger partial charge in [0, 0.05) is 17.0 Å². The van der Waals surface area contributed by atoms with Gasteiger partial charge in [0.15, 0.2) is 11.5 Å². The van der Waals surface area contributed by atoms with Gasteiger partial charge in [-0.15, -0.1) is 0 Å². The van der Waals surface area contributed by atoms with Crippen LogP contribution in [0.25, 0.3) is 0 Å². The van der Waals surface area contributed by atoms with Crippen molar-refractivity contribution in [1.29, 1.82) is 0 Å². The summed E-state index contributed by atoms with van der Waals surface area (Å²) in [7, 11) is 0. The van der Waals surface area contributed by atoms with Gasteiger partial charge in [0.25, 0.3) is 5.91 Å². The first kappa shape index (κ1) is 14.5. The van der Waals surface area contributed by atoms with Crippen molar-refractivity contribution in [3.63, 3.8) is 0 Å². The third kappa shape index (κ3) is 2.56. The first-order chi connectivity index (χ1) is 10.0. The number of benzene rings is 1. The minimum absolute atomic E-state index is 0.0285. The molecule has 0 bridgehead atoms. The maximum absolute atomic E-state index is 12.4. The Labute approximate surface area is 128 Å². The van der Waals surface area contributed by atoms with Crippen LogP contribution in [0.3, 0.4) is 0 Å². The summed E-state index contributed by atoms with van der Waals surface area (Å²) < 4.78 is 10.5. The summed E-state index contributed by atoms with van der Waals surface area (Å²) in [5.74, 6) is 0.764. The summed E-state index contributed by atoms with van der Waals surface area (Å²) in [6.07, 6.45) is 2.79. The number of nitrogens with one attached hydrogen (secondary N) is 1. The summed E-state index contributed by atoms with van der Waals surface area (Å²) >= 11 is 6.09. The number of aliphatic hydroxyl groups excluding tert-OH is 1. The van der Waals surface area contributed by atoms with Gasteiger partial charge >= 0.3 is 0 Å². The fourth-order valence-electron chi connectivity index (χ4n) is 3.01. The lowest BCUT2D eigenvalue weighted by atomic mass is 9.85. The highest BCUT2D eigenvalue weighted by Crippen LogP contribution is 2.40. The average molecular weight is 312 g/mol. The van der Waals surface area contributed by atoms with E-state index in [1.807, 2.05) is 6.92 Å². The van der Waals surface area contributed by atoms with Gasteiger partial charge in [-0.05, 0) is 25.0 Å². The third-order valence-electron chi connectivity index (χ3n) is 4.44. The molecule has 21 heavy (non-hydrogen) atoms. The maximum atomic E-state index is 12.4. The van der Waals surface area contributed by atoms with Gasteiger partial charge in [-0.1, -0.05) is 24.9 Å². The van der Waals surface area contributed by atoms with E-state index >= 15 is 0 Å². The minimum atomic E-state index is -0.254. The molecule has 1 fully saturated rings. The van der Waals surface area contributed by atoms with Gasteiger partial charge in [0.05, 0.1) is 11.6 Å². The Morgan fingerprint density at radius 3 is 3.10 bits per heavy atom. The molecule has 0 spiro atoms. The monoisotopic (exact) mass is 311 g/mol. The molecule has 1 amide bonds. The van der Waals surface area contributed by atoms with Crippen LogP contribution in [0.4, 0.5) is 0 Å². The van der Waals surface area contributed by atoms with E-state index in [1.165, 1.54) is 0 Å². The third-order valence-corrected chi connectivity index (χ3v) is 4.72. The molecule has 1 aromatic rings. The van der Waals surface area contributed by atoms with E-state index in [-0.39, 0.29) is 30.8 Å². The molecular formula is C15H18ClNO4. The van der Waals surface area contributed by atoms with Gasteiger partial charge in [0.1, 0.15) is 0 Å². The Kier molecular flexibility index (Phi) is 3.71. The second kappa shape index (κ2) is 5.39. The highest BCUT2D eigenvalue weighted by atomic mass is 35.5. The van der Waals surface area contributed by atoms with E-state index in [0.29, 0.717) is 22.1 Å². The van der Waals surface area contributed by atoms with Crippen molar-refractivity contribution in [1.82, 2.24) is 5.32 Å². The topological polar surface area (TPSA) is 67.8 Å². The molecule has 2 aliphatic rings. The lowest BCUT2D eigenvalue weighted by Crippen LogP contribution is -2.44. The van der Waals surface area contributed by atoms with E-state index in [4.69, 9.17) is 21.1 Å². The molecule has 2 N–H and O–H groups in total. The number of ether oxygens (including phenoxy) is 2. The van der Waals surface area contributed by atoms with Crippen molar-refractivity contribution in [3.05, 3.63) is 22.7 Å². The lowest BCUT2D eigenvalue weighted by molar-refractivity contribution is 0.0830. The second-order valence-corrected chi connectivity index (χ2v) is 6.33. The summed E-state index contributed by atoms with van der Waals surface area (Å²) in [5, 5.41) is 12.9. The van der Waals surface area contributed by atoms with E-state index < -0.39 is 0 Å². The van der Waals surface area contributed by atoms with Crippen LogP contribution < -0.4 is 14.8 Å². The molecule has 5 nitrogen and oxygen atoms in total. The molecular weight excluding hydrogens is 294 g/mol. The number of halogens is 1. The van der Waals surface area contributed by atoms with Crippen LogP contribution in [-0.2, 0) is 0 Å². The van der Waals surface area contributed by atoms with Crippen LogP contribution in [-0.4, -0.2) is 30.5 Å². The fourth-order valence-corrected chi connectivity index (χ4v) is 3.27. The Bertz CT molecular complexity index is 577. The zero-order chi connectivity index (χ0) is 15.0. The summed E-state index contributed by atoms with van der Waals surface area (Å²) in [6.45, 7) is 2.18. The van der Waals surface area contributed by atoms with Crippen LogP contribution in [0, 0.1) is 5.41 Å². The molecule has 0 radical (unpaired) electrons. The maximum Gasteiger partial charge on any atom is 0.251 e. The van der Waals surface area contributed by atoms with Crippen molar-refractivity contribution in [2.45, 2.75) is 32.2 Å². The van der Waals surface area contributed by atoms with E-state index in [0.717, 1.165) is 19.3 Å². The summed E-state index contributed by atoms with van der Waals surface area (Å²) in [5.41, 5.74) is 0.187. The highest BCUT2D eigenvalue weighted by Gasteiger charge is 2.39. The molecule has 1 aromatic carbocycles. The van der Waals surface area contributed by atoms with Crippen molar-refractivity contribution in [2.75, 3.05) is 13.4 Å². The van der Waals surface area contributed by atoms with E-state index in [1.54, 1.807) is 12.1 Å². The molecule has 1 aliphatic carbocycles. The Hall–Kier alpha value is -1.46. The molecule has 114 valence electrons. The van der Waals surface area contributed by atoms with Gasteiger partial charge in [-0.3, -0.25) is 4.79 Å². The van der Waals surface area contributed by atoms with Crippen LogP contribution in [0.5, 0.6) is 11.5 Å². The number of fused-ring (bicyclic) bond motifs is 1. The number of carbonyl (C=O) groups excluding carboxylic acids is 1. The number of hydrogen-bond donors (Lipinski definition) is 2. The van der Waals surface area contributed by atoms with Crippen LogP contribution in [0.2, 0.25) is 5.02 Å². The van der Waals surface area contributed by atoms with E-state index in [9.17, 15) is 9.90 Å². The van der Waals surface area contributed by atoms with Gasteiger partial charge in [-0.2, -0.15) is 0 Å². The molecule has 0 saturated heterocycles. The van der Waals surface area contributed by atoms with Crippen LogP contribution >= 0.6 is 11.6 Å². The van der Waals surface area contributed by atoms with Crippen molar-refractivity contribution >= 4 is 17.5 Å². The average Bonchev–Trinajstić information content (AvgIpc) is 3.07. The number of rotatable bonds is 3. The number of carbonyl (C=O) groups is 1. The normalized spacial score (nSPS) is 26.9. The Balaban J connectivity index is 1.79. The minimum Gasteiger partial charge on any atom is -0.454 e. The molecule has 1 saturated carbocycles. The predicted molar refractivity (Wildman–Crippen MR) is 77.9 cm³/mol. The van der Waals surface area contributed by atoms with E-state index in [2.05, 4.69) is 5.32 Å². The first-order valence-corrected chi connectivity index (χ1v) is 7.42. The molecule has 1 heterocycles. The molecule has 3 rings (SSSR count). The summed E-state index contributed by atoms with van der Waals surface area (Å²) in [6, 6.07) is 3.18. The molecule has 0 unspecified atom stereocenters. The molecule has 0 aromatic heterocycles. The van der Waals surface area contributed by atoms with Crippen LogP contribution in [0.1, 0.15) is 36.5 Å². The van der Waals surface area contributed by atoms with Gasteiger partial charge < -0.3 is 19.9 Å². The number of amides is 1. The first-order valence-electron chi connectivity index (χ1n) is 7.04. The smallest absolute Gasteiger partial charge is 0.251 e. The standard InChI is InChI=1S/C15H18ClNO4/c1-15(7-18)4-2-3-12(15)17-14(19)9-5-10(16)13-11(6-9)20-8-21-13/h5-6,12,18H,2-4,7-8H2,1H3,(H,17,19)/t12-,15+/m1/s1. The van der Waals surface area contributed by atoms with Crippen molar-refractivity contribution in [2.24, 2.45) is 5.41 Å². The SMILES string of the molecule is C[C@@]1(CO)CCC[C@H]1NC(=O)c1cc(Cl)c2c(c1)OCO2. The molecule has 6 heteroatoms. The number of hydrogen-bond acceptors (Lipinski definition) is 4. The Morgan fingerprint density at radius 1 is 1.52 bits per heavy atom. The predicted octanol–water partition coefficient (Wildman–Crippen LogP) is 2.35. The largest absolute Gasteiger partial charge is 0.454 e. The zero-order valence-electron chi connectivity index (χ0n) is 11.8. The number of aliphatic hydroxyl groups is 1. The van der Waals surface area contributed by atoms with Crippen LogP contribution in [0.15, 0.2) is 12.1 Å². The quantitative estimate of drug-likeness (QED) is 0.899. The Morgan fingerprint density at radius 2 is 2.33 bits per heavy atom. The van der Waals surface area contributed by atoms with Crippen molar-refractivity contribution in [3.8, 4) is 11.5 Å². The molecule has 1 aliphatic heterocycles. The van der Waals surface area contributed by atoms with Gasteiger partial charge in [0.2, 0.25) is 6.79 Å². The van der Waals surface area contributed by atoms with Crippen molar-refractivity contribution < 1.29 is 19.4 Å². The van der Waals surface area contributed by atoms with Gasteiger partial charge in [-0.25, -0.2) is 0 Å². The lowest BCUT2D eigenvalue weighted by Gasteiger charge is -2.30. The highest BCUT2D eigenvalue weighted by molar-refractivity contribution is 6.32. The summed E-state index contributed by atoms with van der Waals surface area (Å²) in [4.78, 5) is 12.4. The molecule has 2 atom stereocenters. The second-order valence-electron chi connectivity index (χ2n) is 5.92.